The van der Waals surface area contributed by atoms with Crippen LogP contribution in [-0.4, -0.2) is 23.0 Å². The molecular formula is C21H26N4O2S. The number of aryl methyl sites for hydroxylation is 1. The predicted octanol–water partition coefficient (Wildman–Crippen LogP) is 3.60. The lowest BCUT2D eigenvalue weighted by atomic mass is 9.95. The summed E-state index contributed by atoms with van der Waals surface area (Å²) >= 11 is 0. The molecular weight excluding hydrogens is 372 g/mol. The van der Waals surface area contributed by atoms with Crippen molar-refractivity contribution in [2.24, 2.45) is 0 Å². The molecule has 0 aliphatic rings. The molecule has 3 rings (SSSR count). The smallest absolute Gasteiger partial charge is 0.241 e. The van der Waals surface area contributed by atoms with Crippen molar-refractivity contribution < 1.29 is 8.42 Å². The molecule has 0 bridgehead atoms. The van der Waals surface area contributed by atoms with Crippen molar-refractivity contribution in [1.29, 1.82) is 0 Å². The van der Waals surface area contributed by atoms with Gasteiger partial charge in [0.05, 0.1) is 4.90 Å². The summed E-state index contributed by atoms with van der Waals surface area (Å²) in [5.74, 6) is 1.59. The first-order valence-electron chi connectivity index (χ1n) is 9.15. The molecule has 0 fully saturated rings. The highest BCUT2D eigenvalue weighted by molar-refractivity contribution is 7.89. The summed E-state index contributed by atoms with van der Waals surface area (Å²) in [7, 11) is -3.63. The average Bonchev–Trinajstić information content (AvgIpc) is 3.09. The maximum atomic E-state index is 13.0. The zero-order valence-corrected chi connectivity index (χ0v) is 18.0. The number of sulfonamides is 1. The number of pyridine rings is 1. The van der Waals surface area contributed by atoms with Gasteiger partial charge in [0.15, 0.2) is 0 Å². The molecule has 3 aromatic rings. The van der Waals surface area contributed by atoms with Gasteiger partial charge in [-0.2, -0.15) is 0 Å². The average molecular weight is 399 g/mol. The Morgan fingerprint density at radius 1 is 0.893 bits per heavy atom. The van der Waals surface area contributed by atoms with Crippen LogP contribution in [0.2, 0.25) is 0 Å². The van der Waals surface area contributed by atoms with Gasteiger partial charge in [-0.25, -0.2) is 23.1 Å². The summed E-state index contributed by atoms with van der Waals surface area (Å²) in [5.41, 5.74) is 5.58. The fourth-order valence-electron chi connectivity index (χ4n) is 3.40. The van der Waals surface area contributed by atoms with Crippen LogP contribution in [0.1, 0.15) is 39.2 Å². The fraction of sp³-hybridized carbons (Fsp3) is 0.333. The first-order chi connectivity index (χ1) is 13.1. The summed E-state index contributed by atoms with van der Waals surface area (Å²) in [4.78, 5) is 8.99. The largest absolute Gasteiger partial charge is 0.288 e. The molecule has 1 aromatic carbocycles. The molecule has 0 saturated carbocycles. The fourth-order valence-corrected chi connectivity index (χ4v) is 5.02. The summed E-state index contributed by atoms with van der Waals surface area (Å²) in [6.07, 6.45) is 5.24. The van der Waals surface area contributed by atoms with Crippen molar-refractivity contribution in [3.8, 4) is 5.82 Å². The molecule has 2 heterocycles. The van der Waals surface area contributed by atoms with E-state index in [-0.39, 0.29) is 6.54 Å². The summed E-state index contributed by atoms with van der Waals surface area (Å²) in [5, 5.41) is 0. The van der Waals surface area contributed by atoms with E-state index >= 15 is 0 Å². The van der Waals surface area contributed by atoms with Gasteiger partial charge in [-0.1, -0.05) is 6.07 Å². The van der Waals surface area contributed by atoms with E-state index in [1.54, 1.807) is 12.4 Å². The van der Waals surface area contributed by atoms with Gasteiger partial charge < -0.3 is 0 Å². The highest BCUT2D eigenvalue weighted by atomic mass is 32.2. The van der Waals surface area contributed by atoms with E-state index in [1.807, 2.05) is 64.4 Å². The lowest BCUT2D eigenvalue weighted by molar-refractivity contribution is 0.579. The van der Waals surface area contributed by atoms with E-state index in [0.717, 1.165) is 45.0 Å². The van der Waals surface area contributed by atoms with Crippen LogP contribution in [0.15, 0.2) is 35.6 Å². The van der Waals surface area contributed by atoms with Crippen LogP contribution in [0.5, 0.6) is 0 Å². The first kappa shape index (κ1) is 20.2. The van der Waals surface area contributed by atoms with E-state index in [0.29, 0.717) is 4.90 Å². The molecule has 148 valence electrons. The number of hydrogen-bond acceptors (Lipinski definition) is 4. The minimum absolute atomic E-state index is 0.184. The Hall–Kier alpha value is -2.51. The van der Waals surface area contributed by atoms with Gasteiger partial charge in [-0.3, -0.25) is 4.57 Å². The Balaban J connectivity index is 1.84. The second-order valence-corrected chi connectivity index (χ2v) is 8.85. The number of aromatic nitrogens is 3. The van der Waals surface area contributed by atoms with Gasteiger partial charge in [0.25, 0.3) is 0 Å². The summed E-state index contributed by atoms with van der Waals surface area (Å²) in [6.45, 7) is 11.8. The normalized spacial score (nSPS) is 11.8. The van der Waals surface area contributed by atoms with Gasteiger partial charge in [0, 0.05) is 25.1 Å². The van der Waals surface area contributed by atoms with Crippen molar-refractivity contribution >= 4 is 10.0 Å². The quantitative estimate of drug-likeness (QED) is 0.712. The molecule has 0 radical (unpaired) electrons. The van der Waals surface area contributed by atoms with Crippen molar-refractivity contribution in [2.75, 3.05) is 0 Å². The molecule has 0 amide bonds. The van der Waals surface area contributed by atoms with Gasteiger partial charge >= 0.3 is 0 Å². The minimum atomic E-state index is -3.63. The van der Waals surface area contributed by atoms with E-state index in [1.165, 1.54) is 0 Å². The molecule has 0 atom stereocenters. The highest BCUT2D eigenvalue weighted by Crippen LogP contribution is 2.29. The molecule has 7 heteroatoms. The molecule has 2 aromatic heterocycles. The number of rotatable bonds is 5. The lowest BCUT2D eigenvalue weighted by Crippen LogP contribution is -2.25. The Morgan fingerprint density at radius 2 is 1.50 bits per heavy atom. The highest BCUT2D eigenvalue weighted by Gasteiger charge is 2.23. The number of benzene rings is 1. The standard InChI is InChI=1S/C21H26N4O2S/c1-13-14(2)16(4)21(17(5)15(13)3)28(26,27)24-12-19-7-8-20(23-11-19)25-10-9-22-18(25)6/h7-11,24H,12H2,1-6H3. The third-order valence-corrected chi connectivity index (χ3v) is 7.22. The van der Waals surface area contributed by atoms with Gasteiger partial charge in [-0.15, -0.1) is 0 Å². The van der Waals surface area contributed by atoms with Crippen molar-refractivity contribution in [2.45, 2.75) is 53.0 Å². The van der Waals surface area contributed by atoms with Gasteiger partial charge in [0.2, 0.25) is 10.0 Å². The lowest BCUT2D eigenvalue weighted by Gasteiger charge is -2.19. The number of nitrogens with one attached hydrogen (secondary N) is 1. The Labute approximate surface area is 166 Å². The van der Waals surface area contributed by atoms with Crippen molar-refractivity contribution in [3.05, 3.63) is 69.9 Å². The van der Waals surface area contributed by atoms with Crippen LogP contribution in [0.25, 0.3) is 5.82 Å². The minimum Gasteiger partial charge on any atom is -0.288 e. The van der Waals surface area contributed by atoms with E-state index in [4.69, 9.17) is 0 Å². The molecule has 0 aliphatic heterocycles. The molecule has 28 heavy (non-hydrogen) atoms. The number of imidazole rings is 1. The van der Waals surface area contributed by atoms with Crippen LogP contribution >= 0.6 is 0 Å². The molecule has 0 spiro atoms. The monoisotopic (exact) mass is 398 g/mol. The zero-order valence-electron chi connectivity index (χ0n) is 17.2. The molecule has 1 N–H and O–H groups in total. The summed E-state index contributed by atoms with van der Waals surface area (Å²) in [6, 6.07) is 3.73. The predicted molar refractivity (Wildman–Crippen MR) is 110 cm³/mol. The molecule has 0 aliphatic carbocycles. The van der Waals surface area contributed by atoms with Crippen molar-refractivity contribution in [3.63, 3.8) is 0 Å². The van der Waals surface area contributed by atoms with Crippen LogP contribution in [0.3, 0.4) is 0 Å². The second kappa shape index (κ2) is 7.48. The third kappa shape index (κ3) is 3.59. The van der Waals surface area contributed by atoms with E-state index < -0.39 is 10.0 Å². The second-order valence-electron chi connectivity index (χ2n) is 7.15. The SMILES string of the molecule is Cc1c(C)c(C)c(S(=O)(=O)NCc2ccc(-n3ccnc3C)nc2)c(C)c1C. The van der Waals surface area contributed by atoms with Crippen LogP contribution < -0.4 is 4.72 Å². The van der Waals surface area contributed by atoms with E-state index in [9.17, 15) is 8.42 Å². The Bertz CT molecular complexity index is 1100. The molecule has 6 nitrogen and oxygen atoms in total. The van der Waals surface area contributed by atoms with Crippen LogP contribution in [0.4, 0.5) is 0 Å². The molecule has 0 unspecified atom stereocenters. The Kier molecular flexibility index (Phi) is 5.41. The van der Waals surface area contributed by atoms with Crippen LogP contribution in [0, 0.1) is 41.5 Å². The van der Waals surface area contributed by atoms with Crippen LogP contribution in [-0.2, 0) is 16.6 Å². The zero-order chi connectivity index (χ0) is 20.6. The topological polar surface area (TPSA) is 76.9 Å². The summed E-state index contributed by atoms with van der Waals surface area (Å²) < 4.78 is 30.6. The maximum Gasteiger partial charge on any atom is 0.241 e. The third-order valence-electron chi connectivity index (χ3n) is 5.55. The van der Waals surface area contributed by atoms with Gasteiger partial charge in [-0.05, 0) is 81.0 Å². The Morgan fingerprint density at radius 3 is 2.00 bits per heavy atom. The number of nitrogens with zero attached hydrogens (tertiary/aromatic N) is 3. The van der Waals surface area contributed by atoms with E-state index in [2.05, 4.69) is 14.7 Å². The molecule has 0 saturated heterocycles. The first-order valence-corrected chi connectivity index (χ1v) is 10.6. The maximum absolute atomic E-state index is 13.0. The number of hydrogen-bond donors (Lipinski definition) is 1. The van der Waals surface area contributed by atoms with Gasteiger partial charge in [0.1, 0.15) is 11.6 Å². The van der Waals surface area contributed by atoms with Crippen molar-refractivity contribution in [1.82, 2.24) is 19.3 Å².